The number of nitrogens with zero attached hydrogens (tertiary/aromatic N) is 1. The minimum Gasteiger partial charge on any atom is -0.293 e. The van der Waals surface area contributed by atoms with Crippen LogP contribution in [0.3, 0.4) is 0 Å². The summed E-state index contributed by atoms with van der Waals surface area (Å²) in [7, 11) is -3.49. The smallest absolute Gasteiger partial charge is 0.246 e. The predicted octanol–water partition coefficient (Wildman–Crippen LogP) is 2.18. The van der Waals surface area contributed by atoms with Crippen molar-refractivity contribution in [1.82, 2.24) is 0 Å². The third-order valence-corrected chi connectivity index (χ3v) is 4.05. The predicted molar refractivity (Wildman–Crippen MR) is 67.7 cm³/mol. The van der Waals surface area contributed by atoms with Crippen molar-refractivity contribution in [3.63, 3.8) is 0 Å². The van der Waals surface area contributed by atoms with Gasteiger partial charge in [-0.2, -0.15) is 3.82 Å². The van der Waals surface area contributed by atoms with Crippen LogP contribution in [0, 0.1) is 0 Å². The molecule has 0 saturated heterocycles. The number of hydrogen-bond donors (Lipinski definition) is 0. The first-order chi connectivity index (χ1) is 7.36. The number of hydrogen-bond acceptors (Lipinski definition) is 3. The van der Waals surface area contributed by atoms with Gasteiger partial charge in [0, 0.05) is 17.3 Å². The molecule has 4 nitrogen and oxygen atoms in total. The first-order valence-electron chi connectivity index (χ1n) is 4.21. The van der Waals surface area contributed by atoms with Gasteiger partial charge in [-0.1, -0.05) is 15.9 Å². The van der Waals surface area contributed by atoms with Gasteiger partial charge in [-0.25, -0.2) is 8.42 Å². The van der Waals surface area contributed by atoms with Crippen molar-refractivity contribution in [1.29, 1.82) is 0 Å². The highest BCUT2D eigenvalue weighted by molar-refractivity contribution is 9.09. The van der Waals surface area contributed by atoms with Crippen LogP contribution in [0.5, 0.6) is 0 Å². The highest BCUT2D eigenvalue weighted by atomic mass is 79.9. The van der Waals surface area contributed by atoms with Crippen LogP contribution in [0.2, 0.25) is 0 Å². The van der Waals surface area contributed by atoms with Gasteiger partial charge in [0.15, 0.2) is 5.78 Å². The van der Waals surface area contributed by atoms with Crippen LogP contribution in [0.1, 0.15) is 10.4 Å². The summed E-state index contributed by atoms with van der Waals surface area (Å²) in [5.74, 6) is -0.0768. The molecule has 88 valence electrons. The Morgan fingerprint density at radius 1 is 1.38 bits per heavy atom. The number of ketones is 1. The molecule has 0 fully saturated rings. The summed E-state index contributed by atoms with van der Waals surface area (Å²) in [5, 5.41) is 0.225. The molecular weight excluding hydrogens is 318 g/mol. The Morgan fingerprint density at radius 3 is 2.25 bits per heavy atom. The summed E-state index contributed by atoms with van der Waals surface area (Å²) in [4.78, 5) is 11.3. The van der Waals surface area contributed by atoms with E-state index >= 15 is 0 Å². The number of halogens is 2. The number of Topliss-reactive ketones (excluding diaryl/α,β-unsaturated/α-hetero) is 1. The zero-order valence-electron chi connectivity index (χ0n) is 8.35. The molecule has 16 heavy (non-hydrogen) atoms. The van der Waals surface area contributed by atoms with Gasteiger partial charge >= 0.3 is 0 Å². The number of carbonyl (C=O) groups is 1. The quantitative estimate of drug-likeness (QED) is 0.484. The lowest BCUT2D eigenvalue weighted by Crippen LogP contribution is -2.19. The van der Waals surface area contributed by atoms with Crippen LogP contribution in [0.4, 0.5) is 5.69 Å². The van der Waals surface area contributed by atoms with E-state index in [2.05, 4.69) is 15.9 Å². The molecule has 0 aliphatic rings. The highest BCUT2D eigenvalue weighted by Gasteiger charge is 2.14. The average molecular weight is 327 g/mol. The lowest BCUT2D eigenvalue weighted by Gasteiger charge is -2.12. The van der Waals surface area contributed by atoms with Gasteiger partial charge in [0.25, 0.3) is 0 Å². The molecule has 0 radical (unpaired) electrons. The van der Waals surface area contributed by atoms with Crippen molar-refractivity contribution in [3.8, 4) is 0 Å². The number of benzene rings is 1. The van der Waals surface area contributed by atoms with Gasteiger partial charge in [-0.3, -0.25) is 4.79 Å². The van der Waals surface area contributed by atoms with E-state index in [1.54, 1.807) is 0 Å². The summed E-state index contributed by atoms with van der Waals surface area (Å²) < 4.78 is 22.9. The number of alkyl halides is 1. The van der Waals surface area contributed by atoms with Crippen molar-refractivity contribution in [2.45, 2.75) is 0 Å². The number of sulfonamides is 1. The largest absolute Gasteiger partial charge is 0.293 e. The molecule has 1 rings (SSSR count). The van der Waals surface area contributed by atoms with Gasteiger partial charge in [0.1, 0.15) is 0 Å². The first-order valence-corrected chi connectivity index (χ1v) is 7.52. The fraction of sp³-hybridized carbons (Fsp3) is 0.222. The Bertz CT molecular complexity index is 486. The summed E-state index contributed by atoms with van der Waals surface area (Å²) in [6.45, 7) is 0. The van der Waals surface area contributed by atoms with Crippen molar-refractivity contribution >= 4 is 49.2 Å². The number of anilines is 1. The third kappa shape index (κ3) is 3.20. The second kappa shape index (κ2) is 5.16. The fourth-order valence-electron chi connectivity index (χ4n) is 1.03. The Morgan fingerprint density at radius 2 is 1.88 bits per heavy atom. The van der Waals surface area contributed by atoms with Gasteiger partial charge in [0.05, 0.1) is 17.3 Å². The Hall–Kier alpha value is -0.590. The molecule has 1 aromatic rings. The second-order valence-electron chi connectivity index (χ2n) is 3.08. The summed E-state index contributed by atoms with van der Waals surface area (Å²) in [5.41, 5.74) is 0.800. The van der Waals surface area contributed by atoms with Crippen molar-refractivity contribution in [2.75, 3.05) is 15.4 Å². The van der Waals surface area contributed by atoms with Gasteiger partial charge in [0.2, 0.25) is 10.0 Å². The lowest BCUT2D eigenvalue weighted by molar-refractivity contribution is 0.102. The summed E-state index contributed by atoms with van der Waals surface area (Å²) in [6, 6.07) is 6.01. The van der Waals surface area contributed by atoms with Gasteiger partial charge < -0.3 is 0 Å². The SMILES string of the molecule is CS(=O)(=O)N(Cl)c1ccc(C(=O)CBr)cc1. The fourth-order valence-corrected chi connectivity index (χ4v) is 1.97. The average Bonchev–Trinajstić information content (AvgIpc) is 2.26. The Balaban J connectivity index is 3.00. The molecule has 1 aromatic carbocycles. The molecule has 7 heteroatoms. The molecule has 0 bridgehead atoms. The lowest BCUT2D eigenvalue weighted by atomic mass is 10.1. The second-order valence-corrected chi connectivity index (χ2v) is 6.01. The maximum absolute atomic E-state index is 11.3. The molecule has 0 amide bonds. The van der Waals surface area contributed by atoms with Crippen LogP contribution in [-0.2, 0) is 10.0 Å². The van der Waals surface area contributed by atoms with E-state index in [0.717, 1.165) is 6.26 Å². The first kappa shape index (κ1) is 13.5. The van der Waals surface area contributed by atoms with Crippen LogP contribution < -0.4 is 3.82 Å². The monoisotopic (exact) mass is 325 g/mol. The minimum absolute atomic E-state index is 0.0768. The van der Waals surface area contributed by atoms with E-state index in [1.165, 1.54) is 24.3 Å². The zero-order chi connectivity index (χ0) is 12.3. The molecule has 0 N–H and O–H groups in total. The maximum atomic E-state index is 11.3. The minimum atomic E-state index is -3.49. The van der Waals surface area contributed by atoms with E-state index in [4.69, 9.17) is 11.8 Å². The van der Waals surface area contributed by atoms with E-state index in [-0.39, 0.29) is 11.1 Å². The molecular formula is C9H9BrClNO3S. The van der Waals surface area contributed by atoms with Crippen molar-refractivity contribution < 1.29 is 13.2 Å². The van der Waals surface area contributed by atoms with Crippen molar-refractivity contribution in [2.24, 2.45) is 0 Å². The Labute approximate surface area is 107 Å². The molecule has 0 aliphatic carbocycles. The topological polar surface area (TPSA) is 54.5 Å². The van der Waals surface area contributed by atoms with E-state index in [1.807, 2.05) is 0 Å². The van der Waals surface area contributed by atoms with Crippen molar-refractivity contribution in [3.05, 3.63) is 29.8 Å². The van der Waals surface area contributed by atoms with E-state index in [9.17, 15) is 13.2 Å². The van der Waals surface area contributed by atoms with E-state index < -0.39 is 10.0 Å². The standard InChI is InChI=1S/C9H9BrClNO3S/c1-16(14,15)12(11)8-4-2-7(3-5-8)9(13)6-10/h2-5H,6H2,1H3. The van der Waals surface area contributed by atoms with Crippen LogP contribution in [0.15, 0.2) is 24.3 Å². The summed E-state index contributed by atoms with van der Waals surface area (Å²) in [6.07, 6.45) is 0.998. The van der Waals surface area contributed by atoms with Gasteiger partial charge in [-0.05, 0) is 24.3 Å². The third-order valence-electron chi connectivity index (χ3n) is 1.80. The van der Waals surface area contributed by atoms with E-state index in [0.29, 0.717) is 15.1 Å². The summed E-state index contributed by atoms with van der Waals surface area (Å²) >= 11 is 8.65. The molecule has 0 aromatic heterocycles. The van der Waals surface area contributed by atoms with Crippen LogP contribution in [-0.4, -0.2) is 25.8 Å². The molecule has 0 heterocycles. The zero-order valence-corrected chi connectivity index (χ0v) is 11.5. The number of carbonyl (C=O) groups excluding carboxylic acids is 1. The molecule has 0 saturated carbocycles. The maximum Gasteiger partial charge on any atom is 0.246 e. The Kier molecular flexibility index (Phi) is 4.35. The van der Waals surface area contributed by atoms with Gasteiger partial charge in [-0.15, -0.1) is 0 Å². The molecule has 0 spiro atoms. The normalized spacial score (nSPS) is 11.2. The number of rotatable bonds is 4. The van der Waals surface area contributed by atoms with Crippen LogP contribution >= 0.6 is 27.7 Å². The molecule has 0 unspecified atom stereocenters. The molecule has 0 aliphatic heterocycles. The molecule has 0 atom stereocenters. The highest BCUT2D eigenvalue weighted by Crippen LogP contribution is 2.20. The van der Waals surface area contributed by atoms with Crippen LogP contribution in [0.25, 0.3) is 0 Å².